The monoisotopic (exact) mass is 261 g/mol. The van der Waals surface area contributed by atoms with E-state index in [0.29, 0.717) is 22.9 Å². The predicted octanol–water partition coefficient (Wildman–Crippen LogP) is 3.52. The molecule has 0 unspecified atom stereocenters. The summed E-state index contributed by atoms with van der Waals surface area (Å²) in [5.74, 6) is 0.467. The highest BCUT2D eigenvalue weighted by Crippen LogP contribution is 2.24. The van der Waals surface area contributed by atoms with E-state index < -0.39 is 0 Å². The first-order valence-corrected chi connectivity index (χ1v) is 5.87. The van der Waals surface area contributed by atoms with Crippen molar-refractivity contribution in [1.82, 2.24) is 4.98 Å². The van der Waals surface area contributed by atoms with E-state index in [2.05, 4.69) is 4.98 Å². The predicted molar refractivity (Wildman–Crippen MR) is 70.0 cm³/mol. The van der Waals surface area contributed by atoms with Crippen LogP contribution in [0.15, 0.2) is 42.7 Å². The number of hydrogen-bond acceptors (Lipinski definition) is 3. The zero-order valence-electron chi connectivity index (χ0n) is 9.89. The van der Waals surface area contributed by atoms with Gasteiger partial charge in [0.1, 0.15) is 12.4 Å². The molecule has 0 spiro atoms. The summed E-state index contributed by atoms with van der Waals surface area (Å²) >= 11 is 5.86. The van der Waals surface area contributed by atoms with E-state index in [0.717, 1.165) is 5.56 Å². The van der Waals surface area contributed by atoms with Gasteiger partial charge in [-0.2, -0.15) is 0 Å². The molecule has 18 heavy (non-hydrogen) atoms. The number of Topliss-reactive ketones (excluding diaryl/α,β-unsaturated/α-hetero) is 1. The van der Waals surface area contributed by atoms with Crippen molar-refractivity contribution >= 4 is 17.4 Å². The molecule has 1 aromatic heterocycles. The van der Waals surface area contributed by atoms with Crippen molar-refractivity contribution in [3.05, 3.63) is 58.9 Å². The van der Waals surface area contributed by atoms with Crippen molar-refractivity contribution in [2.75, 3.05) is 0 Å². The van der Waals surface area contributed by atoms with Gasteiger partial charge in [-0.3, -0.25) is 9.78 Å². The summed E-state index contributed by atoms with van der Waals surface area (Å²) in [4.78, 5) is 15.5. The Bertz CT molecular complexity index is 555. The summed E-state index contributed by atoms with van der Waals surface area (Å²) in [6, 6.07) is 8.77. The normalized spacial score (nSPS) is 10.1. The van der Waals surface area contributed by atoms with Gasteiger partial charge >= 0.3 is 0 Å². The Hall–Kier alpha value is -1.87. The first-order chi connectivity index (χ1) is 8.66. The number of aromatic nitrogens is 1. The molecule has 0 radical (unpaired) electrons. The summed E-state index contributed by atoms with van der Waals surface area (Å²) in [6.07, 6.45) is 3.43. The molecule has 0 aliphatic heterocycles. The summed E-state index contributed by atoms with van der Waals surface area (Å²) in [5.41, 5.74) is 1.44. The Morgan fingerprint density at radius 1 is 1.39 bits per heavy atom. The van der Waals surface area contributed by atoms with Crippen molar-refractivity contribution in [3.8, 4) is 5.75 Å². The van der Waals surface area contributed by atoms with Gasteiger partial charge in [-0.15, -0.1) is 0 Å². The van der Waals surface area contributed by atoms with Gasteiger partial charge in [0.15, 0.2) is 5.78 Å². The molecule has 3 nitrogen and oxygen atoms in total. The van der Waals surface area contributed by atoms with Crippen LogP contribution in [-0.2, 0) is 6.61 Å². The first-order valence-electron chi connectivity index (χ1n) is 5.49. The maximum Gasteiger partial charge on any atom is 0.163 e. The van der Waals surface area contributed by atoms with Crippen LogP contribution in [0, 0.1) is 0 Å². The number of carbonyl (C=O) groups is 1. The minimum atomic E-state index is -0.0707. The van der Waals surface area contributed by atoms with Crippen LogP contribution in [0.5, 0.6) is 5.75 Å². The van der Waals surface area contributed by atoms with Crippen molar-refractivity contribution in [1.29, 1.82) is 0 Å². The van der Waals surface area contributed by atoms with E-state index >= 15 is 0 Å². The van der Waals surface area contributed by atoms with Crippen LogP contribution < -0.4 is 4.74 Å². The van der Waals surface area contributed by atoms with Gasteiger partial charge in [-0.1, -0.05) is 17.7 Å². The topological polar surface area (TPSA) is 39.2 Å². The molecule has 4 heteroatoms. The Morgan fingerprint density at radius 3 is 2.89 bits per heavy atom. The molecule has 0 saturated carbocycles. The number of benzene rings is 1. The average molecular weight is 262 g/mol. The molecule has 92 valence electrons. The third-order valence-electron chi connectivity index (χ3n) is 2.44. The standard InChI is InChI=1S/C14H12ClNO2/c1-10(17)13-7-12(15)4-5-14(13)18-9-11-3-2-6-16-8-11/h2-8H,9H2,1H3. The fourth-order valence-corrected chi connectivity index (χ4v) is 1.72. The van der Waals surface area contributed by atoms with Crippen LogP contribution >= 0.6 is 11.6 Å². The molecule has 0 N–H and O–H groups in total. The Labute approximate surface area is 110 Å². The van der Waals surface area contributed by atoms with Crippen LogP contribution in [0.25, 0.3) is 0 Å². The van der Waals surface area contributed by atoms with E-state index in [1.54, 1.807) is 30.6 Å². The second-order valence-electron chi connectivity index (χ2n) is 3.85. The quantitative estimate of drug-likeness (QED) is 0.791. The SMILES string of the molecule is CC(=O)c1cc(Cl)ccc1OCc1cccnc1. The number of carbonyl (C=O) groups excluding carboxylic acids is 1. The minimum Gasteiger partial charge on any atom is -0.488 e. The molecule has 2 rings (SSSR count). The van der Waals surface area contributed by atoms with Crippen LogP contribution in [0.1, 0.15) is 22.8 Å². The van der Waals surface area contributed by atoms with E-state index in [1.807, 2.05) is 12.1 Å². The highest BCUT2D eigenvalue weighted by molar-refractivity contribution is 6.31. The highest BCUT2D eigenvalue weighted by Gasteiger charge is 2.09. The number of ketones is 1. The van der Waals surface area contributed by atoms with E-state index in [1.165, 1.54) is 6.92 Å². The van der Waals surface area contributed by atoms with Gasteiger partial charge in [0, 0.05) is 23.0 Å². The fraction of sp³-hybridized carbons (Fsp3) is 0.143. The minimum absolute atomic E-state index is 0.0707. The molecule has 0 bridgehead atoms. The molecule has 0 saturated heterocycles. The Morgan fingerprint density at radius 2 is 2.22 bits per heavy atom. The zero-order chi connectivity index (χ0) is 13.0. The summed E-state index contributed by atoms with van der Waals surface area (Å²) < 4.78 is 5.62. The van der Waals surface area contributed by atoms with E-state index in [4.69, 9.17) is 16.3 Å². The van der Waals surface area contributed by atoms with Gasteiger partial charge < -0.3 is 4.74 Å². The lowest BCUT2D eigenvalue weighted by atomic mass is 10.1. The van der Waals surface area contributed by atoms with Crippen molar-refractivity contribution in [2.45, 2.75) is 13.5 Å². The molecule has 2 aromatic rings. The van der Waals surface area contributed by atoms with Gasteiger partial charge in [0.25, 0.3) is 0 Å². The number of pyridine rings is 1. The van der Waals surface area contributed by atoms with Crippen LogP contribution in [0.2, 0.25) is 5.02 Å². The number of rotatable bonds is 4. The molecule has 1 aromatic carbocycles. The lowest BCUT2D eigenvalue weighted by Gasteiger charge is -2.09. The Balaban J connectivity index is 2.17. The average Bonchev–Trinajstić information content (AvgIpc) is 2.38. The van der Waals surface area contributed by atoms with Gasteiger partial charge in [0.05, 0.1) is 5.56 Å². The van der Waals surface area contributed by atoms with E-state index in [-0.39, 0.29) is 5.78 Å². The number of hydrogen-bond donors (Lipinski definition) is 0. The third-order valence-corrected chi connectivity index (χ3v) is 2.67. The molecule has 0 aliphatic carbocycles. The van der Waals surface area contributed by atoms with E-state index in [9.17, 15) is 4.79 Å². The molecular formula is C14H12ClNO2. The van der Waals surface area contributed by atoms with Crippen LogP contribution in [0.3, 0.4) is 0 Å². The fourth-order valence-electron chi connectivity index (χ4n) is 1.55. The second kappa shape index (κ2) is 5.65. The molecular weight excluding hydrogens is 250 g/mol. The van der Waals surface area contributed by atoms with Gasteiger partial charge in [-0.25, -0.2) is 0 Å². The van der Waals surface area contributed by atoms with Gasteiger partial charge in [-0.05, 0) is 31.2 Å². The second-order valence-corrected chi connectivity index (χ2v) is 4.28. The summed E-state index contributed by atoms with van der Waals surface area (Å²) in [5, 5.41) is 0.522. The summed E-state index contributed by atoms with van der Waals surface area (Å²) in [7, 11) is 0. The molecule has 0 aliphatic rings. The summed E-state index contributed by atoms with van der Waals surface area (Å²) in [6.45, 7) is 1.86. The van der Waals surface area contributed by atoms with Gasteiger partial charge in [0.2, 0.25) is 0 Å². The lowest BCUT2D eigenvalue weighted by Crippen LogP contribution is -2.01. The van der Waals surface area contributed by atoms with Crippen molar-refractivity contribution in [2.24, 2.45) is 0 Å². The first kappa shape index (κ1) is 12.6. The van der Waals surface area contributed by atoms with Crippen LogP contribution in [-0.4, -0.2) is 10.8 Å². The van der Waals surface area contributed by atoms with Crippen molar-refractivity contribution in [3.63, 3.8) is 0 Å². The Kier molecular flexibility index (Phi) is 3.95. The largest absolute Gasteiger partial charge is 0.488 e. The number of halogens is 1. The maximum atomic E-state index is 11.5. The smallest absolute Gasteiger partial charge is 0.163 e. The number of ether oxygens (including phenoxy) is 1. The maximum absolute atomic E-state index is 11.5. The molecule has 0 atom stereocenters. The van der Waals surface area contributed by atoms with Crippen molar-refractivity contribution < 1.29 is 9.53 Å². The zero-order valence-corrected chi connectivity index (χ0v) is 10.6. The molecule has 1 heterocycles. The van der Waals surface area contributed by atoms with Crippen LogP contribution in [0.4, 0.5) is 0 Å². The third kappa shape index (κ3) is 3.08. The molecule has 0 fully saturated rings. The number of nitrogens with zero attached hydrogens (tertiary/aromatic N) is 1. The highest BCUT2D eigenvalue weighted by atomic mass is 35.5. The lowest BCUT2D eigenvalue weighted by molar-refractivity contribution is 0.101. The molecule has 0 amide bonds.